The Balaban J connectivity index is 2.29. The molecule has 0 aromatic carbocycles. The van der Waals surface area contributed by atoms with Crippen LogP contribution in [0.5, 0.6) is 0 Å². The summed E-state index contributed by atoms with van der Waals surface area (Å²) in [6.07, 6.45) is 5.96. The minimum atomic E-state index is -0.975. The quantitative estimate of drug-likeness (QED) is 0.804. The number of aliphatic hydroxyl groups is 1. The number of allylic oxidation sites excluding steroid dienone is 1. The maximum Gasteiger partial charge on any atom is 0.339 e. The van der Waals surface area contributed by atoms with Crippen LogP contribution in [-0.4, -0.2) is 40.9 Å². The molecule has 0 spiro atoms. The summed E-state index contributed by atoms with van der Waals surface area (Å²) in [5, 5.41) is 19.0. The van der Waals surface area contributed by atoms with E-state index in [0.717, 1.165) is 25.8 Å². The highest BCUT2D eigenvalue weighted by Gasteiger charge is 2.35. The van der Waals surface area contributed by atoms with Gasteiger partial charge in [-0.05, 0) is 31.4 Å². The Kier molecular flexibility index (Phi) is 4.39. The van der Waals surface area contributed by atoms with Gasteiger partial charge in [0.15, 0.2) is 0 Å². The summed E-state index contributed by atoms with van der Waals surface area (Å²) in [4.78, 5) is 17.5. The van der Waals surface area contributed by atoms with Crippen molar-refractivity contribution >= 4 is 11.8 Å². The highest BCUT2D eigenvalue weighted by molar-refractivity contribution is 5.93. The first kappa shape index (κ1) is 14.5. The Morgan fingerprint density at radius 2 is 2.40 bits per heavy atom. The molecule has 1 atom stereocenters. The third kappa shape index (κ3) is 2.82. The number of aromatic carboxylic acids is 1. The van der Waals surface area contributed by atoms with E-state index in [4.69, 9.17) is 0 Å². The van der Waals surface area contributed by atoms with Crippen molar-refractivity contribution < 1.29 is 15.0 Å². The van der Waals surface area contributed by atoms with Gasteiger partial charge in [-0.25, -0.2) is 9.78 Å². The van der Waals surface area contributed by atoms with Gasteiger partial charge in [0.2, 0.25) is 0 Å². The molecule has 2 rings (SSSR count). The number of hydrogen-bond donors (Lipinski definition) is 2. The molecule has 108 valence electrons. The second-order valence-electron chi connectivity index (χ2n) is 5.36. The number of pyridine rings is 1. The summed E-state index contributed by atoms with van der Waals surface area (Å²) >= 11 is 0. The average molecular weight is 276 g/mol. The number of nitrogens with zero attached hydrogens (tertiary/aromatic N) is 2. The van der Waals surface area contributed by atoms with Crippen LogP contribution < -0.4 is 4.90 Å². The zero-order chi connectivity index (χ0) is 14.6. The second-order valence-corrected chi connectivity index (χ2v) is 5.36. The fourth-order valence-electron chi connectivity index (χ4n) is 2.87. The number of carboxylic acid groups (broad SMARTS) is 1. The Morgan fingerprint density at radius 3 is 3.05 bits per heavy atom. The Labute approximate surface area is 118 Å². The van der Waals surface area contributed by atoms with Crippen molar-refractivity contribution in [2.75, 3.05) is 24.6 Å². The molecule has 0 aliphatic carbocycles. The van der Waals surface area contributed by atoms with Gasteiger partial charge in [-0.2, -0.15) is 0 Å². The number of piperidine rings is 1. The van der Waals surface area contributed by atoms with Crippen molar-refractivity contribution in [2.45, 2.75) is 19.3 Å². The molecule has 20 heavy (non-hydrogen) atoms. The third-order valence-electron chi connectivity index (χ3n) is 3.89. The van der Waals surface area contributed by atoms with E-state index in [9.17, 15) is 15.0 Å². The fourth-order valence-corrected chi connectivity index (χ4v) is 2.87. The van der Waals surface area contributed by atoms with Crippen LogP contribution in [0.25, 0.3) is 0 Å². The van der Waals surface area contributed by atoms with E-state index in [1.54, 1.807) is 18.3 Å². The van der Waals surface area contributed by atoms with Crippen molar-refractivity contribution in [3.05, 3.63) is 36.5 Å². The van der Waals surface area contributed by atoms with Crippen LogP contribution in [0.4, 0.5) is 5.82 Å². The maximum atomic E-state index is 11.3. The molecule has 5 heteroatoms. The van der Waals surface area contributed by atoms with E-state index in [-0.39, 0.29) is 17.6 Å². The first-order valence-electron chi connectivity index (χ1n) is 6.77. The first-order chi connectivity index (χ1) is 9.62. The Hall–Kier alpha value is -1.88. The van der Waals surface area contributed by atoms with Crippen LogP contribution in [0.15, 0.2) is 31.0 Å². The van der Waals surface area contributed by atoms with E-state index in [2.05, 4.69) is 11.6 Å². The summed E-state index contributed by atoms with van der Waals surface area (Å²) < 4.78 is 0. The molecular weight excluding hydrogens is 256 g/mol. The SMILES string of the molecule is C=CC[C@]1(CO)CCCN(c2ncccc2C(=O)O)C1. The van der Waals surface area contributed by atoms with E-state index in [0.29, 0.717) is 12.4 Å². The first-order valence-corrected chi connectivity index (χ1v) is 6.77. The molecule has 1 aromatic heterocycles. The summed E-state index contributed by atoms with van der Waals surface area (Å²) in [5.41, 5.74) is -0.0346. The number of carboxylic acids is 1. The van der Waals surface area contributed by atoms with Crippen LogP contribution in [0.2, 0.25) is 0 Å². The normalized spacial score (nSPS) is 22.6. The minimum Gasteiger partial charge on any atom is -0.478 e. The molecule has 1 aromatic rings. The van der Waals surface area contributed by atoms with Gasteiger partial charge in [0.1, 0.15) is 11.4 Å². The van der Waals surface area contributed by atoms with Crippen molar-refractivity contribution in [3.8, 4) is 0 Å². The number of anilines is 1. The van der Waals surface area contributed by atoms with E-state index >= 15 is 0 Å². The standard InChI is InChI=1S/C15H20N2O3/c1-2-6-15(11-18)7-4-9-17(10-15)13-12(14(19)20)5-3-8-16-13/h2-3,5,8,18H,1,4,6-7,9-11H2,(H,19,20)/t15-/m0/s1. The predicted molar refractivity (Wildman–Crippen MR) is 77.0 cm³/mol. The molecule has 1 fully saturated rings. The maximum absolute atomic E-state index is 11.3. The number of hydrogen-bond acceptors (Lipinski definition) is 4. The summed E-state index contributed by atoms with van der Waals surface area (Å²) in [5.74, 6) is -0.487. The molecule has 1 saturated heterocycles. The van der Waals surface area contributed by atoms with Gasteiger partial charge < -0.3 is 15.1 Å². The smallest absolute Gasteiger partial charge is 0.339 e. The van der Waals surface area contributed by atoms with Crippen LogP contribution in [0.3, 0.4) is 0 Å². The topological polar surface area (TPSA) is 73.7 Å². The number of carbonyl (C=O) groups is 1. The van der Waals surface area contributed by atoms with Crippen LogP contribution >= 0.6 is 0 Å². The molecule has 1 aliphatic heterocycles. The van der Waals surface area contributed by atoms with Crippen molar-refractivity contribution in [2.24, 2.45) is 5.41 Å². The second kappa shape index (κ2) is 6.05. The van der Waals surface area contributed by atoms with Crippen molar-refractivity contribution in [1.82, 2.24) is 4.98 Å². The predicted octanol–water partition coefficient (Wildman–Crippen LogP) is 1.93. The summed E-state index contributed by atoms with van der Waals surface area (Å²) in [7, 11) is 0. The third-order valence-corrected chi connectivity index (χ3v) is 3.89. The van der Waals surface area contributed by atoms with Crippen LogP contribution in [0.1, 0.15) is 29.6 Å². The van der Waals surface area contributed by atoms with Crippen LogP contribution in [0, 0.1) is 5.41 Å². The lowest BCUT2D eigenvalue weighted by Crippen LogP contribution is -2.46. The molecular formula is C15H20N2O3. The number of rotatable bonds is 5. The molecule has 0 radical (unpaired) electrons. The van der Waals surface area contributed by atoms with Crippen molar-refractivity contribution in [3.63, 3.8) is 0 Å². The molecule has 0 bridgehead atoms. The number of aromatic nitrogens is 1. The molecule has 0 amide bonds. The average Bonchev–Trinajstić information content (AvgIpc) is 2.48. The monoisotopic (exact) mass is 276 g/mol. The van der Waals surface area contributed by atoms with Gasteiger partial charge in [0.25, 0.3) is 0 Å². The number of aliphatic hydroxyl groups excluding tert-OH is 1. The highest BCUT2D eigenvalue weighted by Crippen LogP contribution is 2.35. The molecule has 2 N–H and O–H groups in total. The lowest BCUT2D eigenvalue weighted by molar-refractivity contribution is 0.0696. The highest BCUT2D eigenvalue weighted by atomic mass is 16.4. The van der Waals surface area contributed by atoms with Crippen molar-refractivity contribution in [1.29, 1.82) is 0 Å². The molecule has 1 aliphatic rings. The van der Waals surface area contributed by atoms with Gasteiger partial charge in [0, 0.05) is 24.7 Å². The van der Waals surface area contributed by atoms with E-state index in [1.807, 2.05) is 11.0 Å². The molecule has 0 saturated carbocycles. The largest absolute Gasteiger partial charge is 0.478 e. The van der Waals surface area contributed by atoms with E-state index < -0.39 is 5.97 Å². The minimum absolute atomic E-state index is 0.0742. The Bertz CT molecular complexity index is 504. The van der Waals surface area contributed by atoms with Gasteiger partial charge in [-0.3, -0.25) is 0 Å². The summed E-state index contributed by atoms with van der Waals surface area (Å²) in [6, 6.07) is 3.19. The van der Waals surface area contributed by atoms with Gasteiger partial charge in [-0.15, -0.1) is 6.58 Å². The lowest BCUT2D eigenvalue weighted by Gasteiger charge is -2.42. The molecule has 5 nitrogen and oxygen atoms in total. The Morgan fingerprint density at radius 1 is 1.60 bits per heavy atom. The lowest BCUT2D eigenvalue weighted by atomic mass is 9.78. The molecule has 2 heterocycles. The van der Waals surface area contributed by atoms with Crippen LogP contribution in [-0.2, 0) is 0 Å². The van der Waals surface area contributed by atoms with Gasteiger partial charge in [-0.1, -0.05) is 6.08 Å². The zero-order valence-corrected chi connectivity index (χ0v) is 11.5. The summed E-state index contributed by atoms with van der Waals surface area (Å²) in [6.45, 7) is 5.19. The van der Waals surface area contributed by atoms with E-state index in [1.165, 1.54) is 0 Å². The molecule has 0 unspecified atom stereocenters. The van der Waals surface area contributed by atoms with Gasteiger partial charge in [0.05, 0.1) is 6.61 Å². The van der Waals surface area contributed by atoms with Gasteiger partial charge >= 0.3 is 5.97 Å². The fraction of sp³-hybridized carbons (Fsp3) is 0.467. The zero-order valence-electron chi connectivity index (χ0n) is 11.5.